The van der Waals surface area contributed by atoms with Gasteiger partial charge >= 0.3 is 0 Å². The molecule has 3 aromatic rings. The van der Waals surface area contributed by atoms with Crippen LogP contribution in [0.4, 0.5) is 11.4 Å². The van der Waals surface area contributed by atoms with Crippen LogP contribution in [-0.4, -0.2) is 42.6 Å². The monoisotopic (exact) mass is 602 g/mol. The van der Waals surface area contributed by atoms with E-state index in [-0.39, 0.29) is 11.5 Å². The number of nitrogens with one attached hydrogen (secondary N) is 2. The van der Waals surface area contributed by atoms with E-state index in [1.807, 2.05) is 0 Å². The highest BCUT2D eigenvalue weighted by Crippen LogP contribution is 2.35. The molecule has 3 aromatic carbocycles. The quantitative estimate of drug-likeness (QED) is 0.200. The summed E-state index contributed by atoms with van der Waals surface area (Å²) in [5, 5.41) is 3.98. The standard InChI is InChI=1S/C27H27BrN2O7S/c1-34-21-16-26(36-3)22(27(17-21)37-4)12-14-38(32,33)30-20-9-10-25(35-2)23(15-20)29-13-11-24(31)18-5-7-19(28)8-6-18/h5-17,29-30H,1-4H3. The van der Waals surface area contributed by atoms with Gasteiger partial charge in [0, 0.05) is 34.4 Å². The Morgan fingerprint density at radius 3 is 2.05 bits per heavy atom. The van der Waals surface area contributed by atoms with Crippen LogP contribution in [0.1, 0.15) is 15.9 Å². The highest BCUT2D eigenvalue weighted by atomic mass is 79.9. The van der Waals surface area contributed by atoms with Gasteiger partial charge in [-0.15, -0.1) is 0 Å². The van der Waals surface area contributed by atoms with Crippen LogP contribution in [0.25, 0.3) is 6.08 Å². The first-order valence-corrected chi connectivity index (χ1v) is 13.5. The minimum absolute atomic E-state index is 0.199. The Balaban J connectivity index is 1.78. The highest BCUT2D eigenvalue weighted by molar-refractivity contribution is 9.10. The molecule has 0 saturated carbocycles. The summed E-state index contributed by atoms with van der Waals surface area (Å²) in [6.45, 7) is 0. The maximum atomic E-state index is 12.8. The number of anilines is 2. The van der Waals surface area contributed by atoms with E-state index in [2.05, 4.69) is 26.0 Å². The van der Waals surface area contributed by atoms with Crippen molar-refractivity contribution >= 4 is 49.2 Å². The molecule has 0 aliphatic carbocycles. The van der Waals surface area contributed by atoms with E-state index in [1.54, 1.807) is 54.6 Å². The van der Waals surface area contributed by atoms with Crippen LogP contribution >= 0.6 is 15.9 Å². The molecule has 0 aliphatic rings. The highest BCUT2D eigenvalue weighted by Gasteiger charge is 2.14. The number of methoxy groups -OCH3 is 4. The van der Waals surface area contributed by atoms with Gasteiger partial charge in [-0.2, -0.15) is 0 Å². The lowest BCUT2D eigenvalue weighted by atomic mass is 10.1. The first kappa shape index (κ1) is 28.6. The van der Waals surface area contributed by atoms with Crippen LogP contribution in [0.15, 0.2) is 76.8 Å². The number of ether oxygens (including phenoxy) is 4. The second-order valence-electron chi connectivity index (χ2n) is 7.66. The van der Waals surface area contributed by atoms with Crippen molar-refractivity contribution in [2.24, 2.45) is 0 Å². The minimum atomic E-state index is -3.93. The van der Waals surface area contributed by atoms with Gasteiger partial charge in [-0.05, 0) is 48.5 Å². The molecule has 0 spiro atoms. The fourth-order valence-corrected chi connectivity index (χ4v) is 4.46. The molecule has 200 valence electrons. The Bertz CT molecular complexity index is 1430. The van der Waals surface area contributed by atoms with E-state index in [9.17, 15) is 13.2 Å². The number of benzene rings is 3. The predicted molar refractivity (Wildman–Crippen MR) is 152 cm³/mol. The van der Waals surface area contributed by atoms with Gasteiger partial charge in [0.25, 0.3) is 10.0 Å². The molecule has 0 unspecified atom stereocenters. The number of halogens is 1. The molecule has 0 aromatic heterocycles. The first-order valence-electron chi connectivity index (χ1n) is 11.1. The number of allylic oxidation sites excluding steroid dienone is 1. The Morgan fingerprint density at radius 2 is 1.47 bits per heavy atom. The Kier molecular flexibility index (Phi) is 9.80. The molecule has 9 nitrogen and oxygen atoms in total. The fraction of sp³-hybridized carbons (Fsp3) is 0.148. The normalized spacial score (nSPS) is 11.4. The molecule has 0 heterocycles. The number of carbonyl (C=O) groups excluding carboxylic acids is 1. The molecule has 0 radical (unpaired) electrons. The number of sulfonamides is 1. The largest absolute Gasteiger partial charge is 0.496 e. The number of hydrogen-bond acceptors (Lipinski definition) is 8. The van der Waals surface area contributed by atoms with Gasteiger partial charge < -0.3 is 24.3 Å². The van der Waals surface area contributed by atoms with Crippen molar-refractivity contribution in [2.45, 2.75) is 0 Å². The average Bonchev–Trinajstić information content (AvgIpc) is 2.91. The van der Waals surface area contributed by atoms with Crippen molar-refractivity contribution in [3.8, 4) is 23.0 Å². The second-order valence-corrected chi connectivity index (χ2v) is 10.1. The summed E-state index contributed by atoms with van der Waals surface area (Å²) < 4.78 is 50.3. The molecule has 0 bridgehead atoms. The Hall–Kier alpha value is -3.96. The third-order valence-corrected chi connectivity index (χ3v) is 6.77. The van der Waals surface area contributed by atoms with Gasteiger partial charge in [0.05, 0.1) is 50.8 Å². The third-order valence-electron chi connectivity index (χ3n) is 5.23. The van der Waals surface area contributed by atoms with Gasteiger partial charge in [0.15, 0.2) is 5.78 Å². The Labute approximate surface area is 230 Å². The topological polar surface area (TPSA) is 112 Å². The van der Waals surface area contributed by atoms with E-state index >= 15 is 0 Å². The maximum Gasteiger partial charge on any atom is 0.255 e. The molecule has 0 aliphatic heterocycles. The van der Waals surface area contributed by atoms with Crippen LogP contribution in [0.5, 0.6) is 23.0 Å². The molecular formula is C27H27BrN2O7S. The molecule has 2 N–H and O–H groups in total. The van der Waals surface area contributed by atoms with Crippen LogP contribution in [0, 0.1) is 0 Å². The summed E-state index contributed by atoms with van der Waals surface area (Å²) in [6.07, 6.45) is 4.21. The summed E-state index contributed by atoms with van der Waals surface area (Å²) in [4.78, 5) is 12.4. The van der Waals surface area contributed by atoms with Gasteiger partial charge in [0.1, 0.15) is 23.0 Å². The van der Waals surface area contributed by atoms with Crippen molar-refractivity contribution < 1.29 is 32.2 Å². The van der Waals surface area contributed by atoms with Crippen LogP contribution in [0.2, 0.25) is 0 Å². The Morgan fingerprint density at radius 1 is 0.842 bits per heavy atom. The predicted octanol–water partition coefficient (Wildman–Crippen LogP) is 5.70. The van der Waals surface area contributed by atoms with E-state index in [0.717, 1.165) is 9.88 Å². The lowest BCUT2D eigenvalue weighted by Gasteiger charge is -2.13. The van der Waals surface area contributed by atoms with Crippen molar-refractivity contribution in [1.29, 1.82) is 0 Å². The molecule has 11 heteroatoms. The molecule has 38 heavy (non-hydrogen) atoms. The van der Waals surface area contributed by atoms with Gasteiger partial charge in [-0.25, -0.2) is 8.42 Å². The van der Waals surface area contributed by atoms with Crippen LogP contribution in [0.3, 0.4) is 0 Å². The summed E-state index contributed by atoms with van der Waals surface area (Å²) in [6, 6.07) is 14.9. The summed E-state index contributed by atoms with van der Waals surface area (Å²) in [7, 11) is 1.99. The van der Waals surface area contributed by atoms with E-state index in [4.69, 9.17) is 18.9 Å². The van der Waals surface area contributed by atoms with E-state index in [0.29, 0.717) is 39.8 Å². The zero-order valence-electron chi connectivity index (χ0n) is 21.1. The summed E-state index contributed by atoms with van der Waals surface area (Å²) in [5.41, 5.74) is 1.68. The minimum Gasteiger partial charge on any atom is -0.496 e. The van der Waals surface area contributed by atoms with Gasteiger partial charge in [0.2, 0.25) is 0 Å². The first-order chi connectivity index (χ1) is 18.2. The van der Waals surface area contributed by atoms with Crippen LogP contribution < -0.4 is 29.0 Å². The number of ketones is 1. The molecule has 0 amide bonds. The van der Waals surface area contributed by atoms with Crippen molar-refractivity contribution in [2.75, 3.05) is 38.5 Å². The zero-order valence-corrected chi connectivity index (χ0v) is 23.6. The molecule has 0 atom stereocenters. The summed E-state index contributed by atoms with van der Waals surface area (Å²) in [5.74, 6) is 1.52. The van der Waals surface area contributed by atoms with Crippen molar-refractivity contribution in [3.05, 3.63) is 87.9 Å². The average molecular weight is 603 g/mol. The lowest BCUT2D eigenvalue weighted by Crippen LogP contribution is -2.09. The lowest BCUT2D eigenvalue weighted by molar-refractivity contribution is 0.104. The molecular weight excluding hydrogens is 576 g/mol. The zero-order chi connectivity index (χ0) is 27.7. The summed E-state index contributed by atoms with van der Waals surface area (Å²) >= 11 is 3.34. The molecule has 0 saturated heterocycles. The number of carbonyl (C=O) groups is 1. The second kappa shape index (κ2) is 13.0. The van der Waals surface area contributed by atoms with E-state index < -0.39 is 10.0 Å². The van der Waals surface area contributed by atoms with Crippen LogP contribution in [-0.2, 0) is 10.0 Å². The van der Waals surface area contributed by atoms with Crippen molar-refractivity contribution in [3.63, 3.8) is 0 Å². The third kappa shape index (κ3) is 7.53. The smallest absolute Gasteiger partial charge is 0.255 e. The fourth-order valence-electron chi connectivity index (χ4n) is 3.35. The molecule has 0 fully saturated rings. The maximum absolute atomic E-state index is 12.8. The molecule has 3 rings (SSSR count). The van der Waals surface area contributed by atoms with Gasteiger partial charge in [-0.1, -0.05) is 15.9 Å². The van der Waals surface area contributed by atoms with Gasteiger partial charge in [-0.3, -0.25) is 9.52 Å². The SMILES string of the molecule is COc1cc(OC)c(C=CS(=O)(=O)Nc2ccc(OC)c(NC=CC(=O)c3ccc(Br)cc3)c2)c(OC)c1. The number of rotatable bonds is 12. The number of hydrogen-bond donors (Lipinski definition) is 2. The van der Waals surface area contributed by atoms with E-state index in [1.165, 1.54) is 46.8 Å². The van der Waals surface area contributed by atoms with Crippen molar-refractivity contribution in [1.82, 2.24) is 0 Å².